The van der Waals surface area contributed by atoms with Gasteiger partial charge in [-0.25, -0.2) is 0 Å². The average molecular weight is 296 g/mol. The number of thioether (sulfide) groups is 1. The second-order valence-electron chi connectivity index (χ2n) is 3.64. The van der Waals surface area contributed by atoms with Crippen LogP contribution in [0.5, 0.6) is 0 Å². The molecule has 0 spiro atoms. The zero-order valence-corrected chi connectivity index (χ0v) is 11.4. The third-order valence-electron chi connectivity index (χ3n) is 2.39. The highest BCUT2D eigenvalue weighted by Crippen LogP contribution is 2.26. The van der Waals surface area contributed by atoms with Crippen molar-refractivity contribution in [3.63, 3.8) is 0 Å². The van der Waals surface area contributed by atoms with Crippen molar-refractivity contribution < 1.29 is 9.53 Å². The molecule has 0 aromatic carbocycles. The zero-order valence-electron chi connectivity index (χ0n) is 9.00. The largest absolute Gasteiger partial charge is 0.383 e. The van der Waals surface area contributed by atoms with Gasteiger partial charge in [0.25, 0.3) is 0 Å². The fraction of sp³-hybridized carbons (Fsp3) is 0.900. The van der Waals surface area contributed by atoms with Gasteiger partial charge in [0.05, 0.1) is 17.9 Å². The van der Waals surface area contributed by atoms with E-state index >= 15 is 0 Å². The number of hydrogen-bond donors (Lipinski definition) is 1. The van der Waals surface area contributed by atoms with Gasteiger partial charge in [-0.3, -0.25) is 4.79 Å². The van der Waals surface area contributed by atoms with E-state index in [0.29, 0.717) is 6.61 Å². The molecule has 5 heteroatoms. The summed E-state index contributed by atoms with van der Waals surface area (Å²) in [4.78, 5) is 11.8. The lowest BCUT2D eigenvalue weighted by Gasteiger charge is -2.18. The van der Waals surface area contributed by atoms with Crippen LogP contribution in [0.15, 0.2) is 0 Å². The molecule has 1 saturated heterocycles. The predicted molar refractivity (Wildman–Crippen MR) is 67.7 cm³/mol. The van der Waals surface area contributed by atoms with Gasteiger partial charge in [-0.05, 0) is 25.0 Å². The van der Waals surface area contributed by atoms with E-state index in [9.17, 15) is 4.79 Å². The van der Waals surface area contributed by atoms with Gasteiger partial charge in [0.1, 0.15) is 0 Å². The van der Waals surface area contributed by atoms with E-state index in [1.807, 2.05) is 0 Å². The SMILES string of the molecule is COCC(CCBr)NC(=O)C1CCCS1. The Morgan fingerprint density at radius 3 is 3.07 bits per heavy atom. The topological polar surface area (TPSA) is 38.3 Å². The fourth-order valence-electron chi connectivity index (χ4n) is 1.61. The number of ether oxygens (including phenoxy) is 1. The van der Waals surface area contributed by atoms with Gasteiger partial charge in [-0.1, -0.05) is 15.9 Å². The number of carbonyl (C=O) groups excluding carboxylic acids is 1. The highest BCUT2D eigenvalue weighted by molar-refractivity contribution is 9.09. The minimum atomic E-state index is 0.142. The molecule has 15 heavy (non-hydrogen) atoms. The van der Waals surface area contributed by atoms with Gasteiger partial charge in [0.15, 0.2) is 0 Å². The van der Waals surface area contributed by atoms with E-state index in [0.717, 1.165) is 30.3 Å². The lowest BCUT2D eigenvalue weighted by Crippen LogP contribution is -2.42. The van der Waals surface area contributed by atoms with E-state index in [1.54, 1.807) is 18.9 Å². The minimum Gasteiger partial charge on any atom is -0.383 e. The van der Waals surface area contributed by atoms with E-state index in [-0.39, 0.29) is 17.2 Å². The first-order chi connectivity index (χ1) is 7.27. The molecule has 1 aliphatic heterocycles. The highest BCUT2D eigenvalue weighted by Gasteiger charge is 2.24. The molecule has 0 radical (unpaired) electrons. The van der Waals surface area contributed by atoms with Crippen LogP contribution in [-0.4, -0.2) is 42.0 Å². The number of amides is 1. The molecule has 1 N–H and O–H groups in total. The molecule has 3 nitrogen and oxygen atoms in total. The monoisotopic (exact) mass is 295 g/mol. The first-order valence-electron chi connectivity index (χ1n) is 5.24. The van der Waals surface area contributed by atoms with Crippen molar-refractivity contribution in [3.05, 3.63) is 0 Å². The molecule has 1 fully saturated rings. The first-order valence-corrected chi connectivity index (χ1v) is 7.42. The Morgan fingerprint density at radius 1 is 1.73 bits per heavy atom. The molecule has 1 rings (SSSR count). The lowest BCUT2D eigenvalue weighted by molar-refractivity contribution is -0.121. The highest BCUT2D eigenvalue weighted by atomic mass is 79.9. The molecule has 1 aliphatic rings. The molecular formula is C10H18BrNO2S. The van der Waals surface area contributed by atoms with Crippen LogP contribution in [0.2, 0.25) is 0 Å². The van der Waals surface area contributed by atoms with Crippen molar-refractivity contribution in [2.24, 2.45) is 0 Å². The third-order valence-corrected chi connectivity index (χ3v) is 4.23. The standard InChI is InChI=1S/C10H18BrNO2S/c1-14-7-8(4-5-11)12-10(13)9-3-2-6-15-9/h8-9H,2-7H2,1H3,(H,12,13). The molecular weight excluding hydrogens is 278 g/mol. The molecule has 0 bridgehead atoms. The molecule has 88 valence electrons. The second-order valence-corrected chi connectivity index (χ2v) is 5.74. The van der Waals surface area contributed by atoms with Gasteiger partial charge in [0, 0.05) is 12.4 Å². The summed E-state index contributed by atoms with van der Waals surface area (Å²) in [5, 5.41) is 4.10. The Morgan fingerprint density at radius 2 is 2.53 bits per heavy atom. The summed E-state index contributed by atoms with van der Waals surface area (Å²) in [7, 11) is 1.66. The summed E-state index contributed by atoms with van der Waals surface area (Å²) >= 11 is 5.15. The maximum atomic E-state index is 11.8. The Kier molecular flexibility index (Phi) is 6.68. The van der Waals surface area contributed by atoms with Crippen LogP contribution in [0.3, 0.4) is 0 Å². The summed E-state index contributed by atoms with van der Waals surface area (Å²) in [5.41, 5.74) is 0. The number of hydrogen-bond acceptors (Lipinski definition) is 3. The zero-order chi connectivity index (χ0) is 11.1. The van der Waals surface area contributed by atoms with Crippen LogP contribution in [0.4, 0.5) is 0 Å². The van der Waals surface area contributed by atoms with Gasteiger partial charge in [0.2, 0.25) is 5.91 Å². The van der Waals surface area contributed by atoms with Crippen LogP contribution >= 0.6 is 27.7 Å². The average Bonchev–Trinajstić information content (AvgIpc) is 2.71. The van der Waals surface area contributed by atoms with E-state index in [4.69, 9.17) is 4.74 Å². The number of carbonyl (C=O) groups is 1. The number of halogens is 1. The summed E-state index contributed by atoms with van der Waals surface area (Å²) < 4.78 is 5.08. The molecule has 0 aromatic heterocycles. The normalized spacial score (nSPS) is 22.7. The third kappa shape index (κ3) is 4.74. The van der Waals surface area contributed by atoms with Gasteiger partial charge in [-0.15, -0.1) is 11.8 Å². The van der Waals surface area contributed by atoms with Crippen LogP contribution in [0.25, 0.3) is 0 Å². The van der Waals surface area contributed by atoms with Gasteiger partial charge in [-0.2, -0.15) is 0 Å². The maximum Gasteiger partial charge on any atom is 0.233 e. The predicted octanol–water partition coefficient (Wildman–Crippen LogP) is 1.80. The quantitative estimate of drug-likeness (QED) is 0.760. The second kappa shape index (κ2) is 7.52. The van der Waals surface area contributed by atoms with Crippen LogP contribution in [0, 0.1) is 0 Å². The molecule has 2 atom stereocenters. The summed E-state index contributed by atoms with van der Waals surface area (Å²) in [6.45, 7) is 0.592. The maximum absolute atomic E-state index is 11.8. The Balaban J connectivity index is 2.31. The first kappa shape index (κ1) is 13.3. The molecule has 0 aromatic rings. The summed E-state index contributed by atoms with van der Waals surface area (Å²) in [5.74, 6) is 1.30. The number of nitrogens with one attached hydrogen (secondary N) is 1. The van der Waals surface area contributed by atoms with Crippen molar-refractivity contribution >= 4 is 33.6 Å². The van der Waals surface area contributed by atoms with Crippen LogP contribution in [0.1, 0.15) is 19.3 Å². The molecule has 2 unspecified atom stereocenters. The van der Waals surface area contributed by atoms with Crippen LogP contribution < -0.4 is 5.32 Å². The summed E-state index contributed by atoms with van der Waals surface area (Å²) in [6.07, 6.45) is 3.09. The van der Waals surface area contributed by atoms with Gasteiger partial charge < -0.3 is 10.1 Å². The van der Waals surface area contributed by atoms with Gasteiger partial charge >= 0.3 is 0 Å². The number of methoxy groups -OCH3 is 1. The summed E-state index contributed by atoms with van der Waals surface area (Å²) in [6, 6.07) is 0.142. The smallest absolute Gasteiger partial charge is 0.233 e. The van der Waals surface area contributed by atoms with E-state index in [2.05, 4.69) is 21.2 Å². The van der Waals surface area contributed by atoms with Crippen molar-refractivity contribution in [1.29, 1.82) is 0 Å². The Bertz CT molecular complexity index is 192. The van der Waals surface area contributed by atoms with Crippen molar-refractivity contribution in [2.45, 2.75) is 30.6 Å². The van der Waals surface area contributed by atoms with E-state index < -0.39 is 0 Å². The Hall–Kier alpha value is 0.260. The van der Waals surface area contributed by atoms with Crippen LogP contribution in [-0.2, 0) is 9.53 Å². The number of rotatable bonds is 6. The number of alkyl halides is 1. The van der Waals surface area contributed by atoms with E-state index in [1.165, 1.54) is 0 Å². The molecule has 0 aliphatic carbocycles. The molecule has 0 saturated carbocycles. The lowest BCUT2D eigenvalue weighted by atomic mass is 10.2. The molecule has 1 heterocycles. The van der Waals surface area contributed by atoms with Crippen molar-refractivity contribution in [1.82, 2.24) is 5.32 Å². The minimum absolute atomic E-state index is 0.142. The Labute approximate surface area is 104 Å². The fourth-order valence-corrected chi connectivity index (χ4v) is 3.33. The van der Waals surface area contributed by atoms with Crippen molar-refractivity contribution in [3.8, 4) is 0 Å². The molecule has 1 amide bonds. The van der Waals surface area contributed by atoms with Crippen molar-refractivity contribution in [2.75, 3.05) is 24.8 Å².